The number of benzene rings is 3. The van der Waals surface area contributed by atoms with Gasteiger partial charge >= 0.3 is 6.09 Å². The molecule has 9 nitrogen and oxygen atoms in total. The number of sulfonamides is 1. The number of ether oxygens (including phenoxy) is 1. The third-order valence-electron chi connectivity index (χ3n) is 6.52. The molecule has 2 heterocycles. The predicted molar refractivity (Wildman–Crippen MR) is 134 cm³/mol. The van der Waals surface area contributed by atoms with Crippen molar-refractivity contribution in [2.45, 2.75) is 11.0 Å². The van der Waals surface area contributed by atoms with Crippen LogP contribution in [0.5, 0.6) is 0 Å². The number of anilines is 1. The summed E-state index contributed by atoms with van der Waals surface area (Å²) in [6, 6.07) is 19.8. The standard InChI is InChI=1S/C25H27N5O4S/c26-24(27)19-5-8-21(9-6-19)30-17-22(34-25(30)31)16-28-11-13-29(14-12-28)35(32,33)23-10-7-18-3-1-2-4-20(18)15-23/h1-10,15,22H,11-14,16-17H2,(H3,26,27). The van der Waals surface area contributed by atoms with Crippen LogP contribution in [0.1, 0.15) is 5.56 Å². The Bertz CT molecular complexity index is 1370. The first-order valence-electron chi connectivity index (χ1n) is 11.5. The first-order valence-corrected chi connectivity index (χ1v) is 12.9. The SMILES string of the molecule is N=C(N)c1ccc(N2CC(CN3CCN(S(=O)(=O)c4ccc5ccccc5c4)CC3)OC2=O)cc1. The van der Waals surface area contributed by atoms with Crippen LogP contribution in [-0.2, 0) is 14.8 Å². The van der Waals surface area contributed by atoms with E-state index in [9.17, 15) is 13.2 Å². The number of amides is 1. The Balaban J connectivity index is 1.18. The van der Waals surface area contributed by atoms with E-state index in [1.54, 1.807) is 41.3 Å². The first kappa shape index (κ1) is 23.3. The van der Waals surface area contributed by atoms with Crippen LogP contribution in [0.4, 0.5) is 10.5 Å². The third-order valence-corrected chi connectivity index (χ3v) is 8.41. The van der Waals surface area contributed by atoms with Crippen molar-refractivity contribution >= 4 is 38.4 Å². The Hall–Kier alpha value is -3.47. The van der Waals surface area contributed by atoms with Gasteiger partial charge in [-0.15, -0.1) is 0 Å². The number of nitrogen functional groups attached to an aromatic ring is 1. The van der Waals surface area contributed by atoms with Gasteiger partial charge in [0, 0.05) is 44.0 Å². The van der Waals surface area contributed by atoms with Crippen molar-refractivity contribution < 1.29 is 17.9 Å². The van der Waals surface area contributed by atoms with Gasteiger partial charge in [0.25, 0.3) is 0 Å². The number of nitrogens with two attached hydrogens (primary N) is 1. The Morgan fingerprint density at radius 1 is 0.971 bits per heavy atom. The maximum absolute atomic E-state index is 13.2. The van der Waals surface area contributed by atoms with Crippen LogP contribution in [0, 0.1) is 5.41 Å². The average Bonchev–Trinajstić information content (AvgIpc) is 3.23. The number of hydrogen-bond acceptors (Lipinski definition) is 6. The smallest absolute Gasteiger partial charge is 0.414 e. The molecule has 0 bridgehead atoms. The third kappa shape index (κ3) is 4.72. The highest BCUT2D eigenvalue weighted by Crippen LogP contribution is 2.25. The van der Waals surface area contributed by atoms with Crippen molar-refractivity contribution in [3.05, 3.63) is 72.3 Å². The summed E-state index contributed by atoms with van der Waals surface area (Å²) in [5, 5.41) is 9.39. The zero-order chi connectivity index (χ0) is 24.6. The molecule has 35 heavy (non-hydrogen) atoms. The lowest BCUT2D eigenvalue weighted by Gasteiger charge is -2.34. The Labute approximate surface area is 204 Å². The minimum absolute atomic E-state index is 0.0276. The first-order chi connectivity index (χ1) is 16.8. The highest BCUT2D eigenvalue weighted by atomic mass is 32.2. The van der Waals surface area contributed by atoms with Crippen molar-refractivity contribution in [1.82, 2.24) is 9.21 Å². The van der Waals surface area contributed by atoms with Crippen LogP contribution in [-0.4, -0.2) is 74.9 Å². The number of hydrogen-bond donors (Lipinski definition) is 2. The molecule has 3 aromatic carbocycles. The van der Waals surface area contributed by atoms with E-state index in [4.69, 9.17) is 15.9 Å². The monoisotopic (exact) mass is 493 g/mol. The van der Waals surface area contributed by atoms with E-state index in [0.29, 0.717) is 55.4 Å². The molecule has 5 rings (SSSR count). The van der Waals surface area contributed by atoms with Gasteiger partial charge in [-0.2, -0.15) is 4.31 Å². The molecule has 0 radical (unpaired) electrons. The molecule has 10 heteroatoms. The summed E-state index contributed by atoms with van der Waals surface area (Å²) < 4.78 is 33.5. The molecule has 0 saturated carbocycles. The molecule has 0 spiro atoms. The van der Waals surface area contributed by atoms with Crippen molar-refractivity contribution in [2.24, 2.45) is 5.73 Å². The number of piperazine rings is 1. The molecular weight excluding hydrogens is 466 g/mol. The summed E-state index contributed by atoms with van der Waals surface area (Å²) in [6.45, 7) is 2.84. The second-order valence-corrected chi connectivity index (χ2v) is 10.7. The lowest BCUT2D eigenvalue weighted by atomic mass is 10.1. The van der Waals surface area contributed by atoms with Gasteiger partial charge in [-0.1, -0.05) is 30.3 Å². The molecule has 3 aromatic rings. The zero-order valence-electron chi connectivity index (χ0n) is 19.1. The number of cyclic esters (lactones) is 1. The highest BCUT2D eigenvalue weighted by molar-refractivity contribution is 7.89. The molecule has 1 atom stereocenters. The van der Waals surface area contributed by atoms with E-state index in [1.165, 1.54) is 4.31 Å². The second kappa shape index (κ2) is 9.29. The normalized spacial score (nSPS) is 19.7. The Morgan fingerprint density at radius 3 is 2.34 bits per heavy atom. The van der Waals surface area contributed by atoms with Crippen LogP contribution < -0.4 is 10.6 Å². The number of amidine groups is 1. The minimum Gasteiger partial charge on any atom is -0.443 e. The fourth-order valence-corrected chi connectivity index (χ4v) is 6.02. The summed E-state index contributed by atoms with van der Waals surface area (Å²) in [4.78, 5) is 16.4. The zero-order valence-corrected chi connectivity index (χ0v) is 19.9. The summed E-state index contributed by atoms with van der Waals surface area (Å²) in [6.07, 6.45) is -0.721. The molecule has 182 valence electrons. The van der Waals surface area contributed by atoms with Gasteiger partial charge in [-0.25, -0.2) is 13.2 Å². The van der Waals surface area contributed by atoms with Crippen LogP contribution in [0.2, 0.25) is 0 Å². The van der Waals surface area contributed by atoms with Crippen molar-refractivity contribution in [1.29, 1.82) is 5.41 Å². The van der Waals surface area contributed by atoms with Crippen LogP contribution in [0.3, 0.4) is 0 Å². The van der Waals surface area contributed by atoms with Crippen LogP contribution in [0.25, 0.3) is 10.8 Å². The largest absolute Gasteiger partial charge is 0.443 e. The molecule has 0 aliphatic carbocycles. The van der Waals surface area contributed by atoms with Crippen molar-refractivity contribution in [2.75, 3.05) is 44.2 Å². The van der Waals surface area contributed by atoms with E-state index in [-0.39, 0.29) is 11.9 Å². The van der Waals surface area contributed by atoms with Gasteiger partial charge < -0.3 is 10.5 Å². The minimum atomic E-state index is -3.58. The maximum Gasteiger partial charge on any atom is 0.414 e. The molecule has 2 aliphatic heterocycles. The second-order valence-electron chi connectivity index (χ2n) is 8.79. The molecule has 3 N–H and O–H groups in total. The molecule has 2 saturated heterocycles. The maximum atomic E-state index is 13.2. The van der Waals surface area contributed by atoms with E-state index in [0.717, 1.165) is 10.8 Å². The van der Waals surface area contributed by atoms with Gasteiger partial charge in [0.1, 0.15) is 11.9 Å². The number of nitrogens with one attached hydrogen (secondary N) is 1. The van der Waals surface area contributed by atoms with Crippen molar-refractivity contribution in [3.63, 3.8) is 0 Å². The number of rotatable bonds is 6. The Morgan fingerprint density at radius 2 is 1.66 bits per heavy atom. The lowest BCUT2D eigenvalue weighted by molar-refractivity contribution is 0.0937. The van der Waals surface area contributed by atoms with E-state index < -0.39 is 16.1 Å². The quantitative estimate of drug-likeness (QED) is 0.402. The fraction of sp³-hybridized carbons (Fsp3) is 0.280. The summed E-state index contributed by atoms with van der Waals surface area (Å²) in [7, 11) is -3.58. The topological polar surface area (TPSA) is 120 Å². The van der Waals surface area contributed by atoms with Gasteiger partial charge in [0.2, 0.25) is 10.0 Å². The Kier molecular flexibility index (Phi) is 6.18. The van der Waals surface area contributed by atoms with Gasteiger partial charge in [-0.05, 0) is 47.2 Å². The molecular formula is C25H27N5O4S. The van der Waals surface area contributed by atoms with Gasteiger partial charge in [-0.3, -0.25) is 15.2 Å². The van der Waals surface area contributed by atoms with E-state index in [2.05, 4.69) is 4.90 Å². The fourth-order valence-electron chi connectivity index (χ4n) is 4.57. The summed E-state index contributed by atoms with van der Waals surface area (Å²) in [5.74, 6) is -0.0276. The van der Waals surface area contributed by atoms with Gasteiger partial charge in [0.15, 0.2) is 0 Å². The van der Waals surface area contributed by atoms with Gasteiger partial charge in [0.05, 0.1) is 11.4 Å². The lowest BCUT2D eigenvalue weighted by Crippen LogP contribution is -2.50. The van der Waals surface area contributed by atoms with Crippen molar-refractivity contribution in [3.8, 4) is 0 Å². The van der Waals surface area contributed by atoms with E-state index in [1.807, 2.05) is 30.3 Å². The highest BCUT2D eigenvalue weighted by Gasteiger charge is 2.35. The molecule has 2 fully saturated rings. The summed E-state index contributed by atoms with van der Waals surface area (Å²) in [5.41, 5.74) is 6.77. The molecule has 1 amide bonds. The number of nitrogens with zero attached hydrogens (tertiary/aromatic N) is 3. The molecule has 0 aromatic heterocycles. The molecule has 2 aliphatic rings. The average molecular weight is 494 g/mol. The van der Waals surface area contributed by atoms with E-state index >= 15 is 0 Å². The van der Waals surface area contributed by atoms with Crippen LogP contribution in [0.15, 0.2) is 71.6 Å². The summed E-state index contributed by atoms with van der Waals surface area (Å²) >= 11 is 0. The number of fused-ring (bicyclic) bond motifs is 1. The number of carbonyl (C=O) groups is 1. The molecule has 1 unspecified atom stereocenters. The van der Waals surface area contributed by atoms with Crippen LogP contribution >= 0.6 is 0 Å². The predicted octanol–water partition coefficient (Wildman–Crippen LogP) is 2.46. The number of carbonyl (C=O) groups excluding carboxylic acids is 1.